The van der Waals surface area contributed by atoms with Crippen molar-refractivity contribution >= 4 is 5.97 Å². The fourth-order valence-corrected chi connectivity index (χ4v) is 2.51. The molecule has 13 heavy (non-hydrogen) atoms. The van der Waals surface area contributed by atoms with Gasteiger partial charge in [0.15, 0.2) is 0 Å². The van der Waals surface area contributed by atoms with E-state index < -0.39 is 5.97 Å². The Labute approximate surface area is 79.3 Å². The minimum absolute atomic E-state index is 0.108. The molecule has 0 bridgehead atoms. The summed E-state index contributed by atoms with van der Waals surface area (Å²) in [4.78, 5) is 10.7. The summed E-state index contributed by atoms with van der Waals surface area (Å²) in [5.41, 5.74) is 5.58. The van der Waals surface area contributed by atoms with Gasteiger partial charge in [0.1, 0.15) is 0 Å². The number of carbonyl (C=O) groups is 1. The molecule has 0 amide bonds. The van der Waals surface area contributed by atoms with Crippen LogP contribution in [0.4, 0.5) is 0 Å². The number of aliphatic carboxylic acids is 1. The van der Waals surface area contributed by atoms with Crippen LogP contribution >= 0.6 is 0 Å². The highest BCUT2D eigenvalue weighted by Crippen LogP contribution is 2.41. The number of nitrogens with two attached hydrogens (primary N) is 1. The quantitative estimate of drug-likeness (QED) is 0.702. The molecule has 0 unspecified atom stereocenters. The Balaban J connectivity index is 2.61. The average molecular weight is 185 g/mol. The fraction of sp³-hybridized carbons (Fsp3) is 0.900. The Kier molecular flexibility index (Phi) is 3.31. The first-order valence-electron chi connectivity index (χ1n) is 5.00. The SMILES string of the molecule is C[C@@H]1CCC[C@@](CN)(CC(=O)O)C1. The zero-order valence-electron chi connectivity index (χ0n) is 8.25. The molecule has 0 radical (unpaired) electrons. The molecule has 0 spiro atoms. The summed E-state index contributed by atoms with van der Waals surface area (Å²) in [6.45, 7) is 2.70. The van der Waals surface area contributed by atoms with Gasteiger partial charge >= 0.3 is 5.97 Å². The normalized spacial score (nSPS) is 34.5. The highest BCUT2D eigenvalue weighted by Gasteiger charge is 2.35. The first kappa shape index (κ1) is 10.5. The van der Waals surface area contributed by atoms with Gasteiger partial charge in [-0.15, -0.1) is 0 Å². The summed E-state index contributed by atoms with van der Waals surface area (Å²) in [6.07, 6.45) is 4.57. The van der Waals surface area contributed by atoms with Crippen molar-refractivity contribution in [3.8, 4) is 0 Å². The van der Waals surface area contributed by atoms with Crippen molar-refractivity contribution in [3.05, 3.63) is 0 Å². The molecule has 1 fully saturated rings. The van der Waals surface area contributed by atoms with Crippen molar-refractivity contribution in [2.75, 3.05) is 6.54 Å². The average Bonchev–Trinajstić information content (AvgIpc) is 2.03. The third kappa shape index (κ3) is 2.69. The lowest BCUT2D eigenvalue weighted by Crippen LogP contribution is -2.37. The molecule has 0 saturated heterocycles. The smallest absolute Gasteiger partial charge is 0.303 e. The number of hydrogen-bond donors (Lipinski definition) is 2. The van der Waals surface area contributed by atoms with Crippen molar-refractivity contribution in [2.24, 2.45) is 17.1 Å². The van der Waals surface area contributed by atoms with E-state index in [1.807, 2.05) is 0 Å². The topological polar surface area (TPSA) is 63.3 Å². The molecule has 3 N–H and O–H groups in total. The zero-order chi connectivity index (χ0) is 9.90. The zero-order valence-corrected chi connectivity index (χ0v) is 8.25. The Morgan fingerprint density at radius 1 is 1.69 bits per heavy atom. The van der Waals surface area contributed by atoms with Gasteiger partial charge in [-0.2, -0.15) is 0 Å². The molecule has 3 heteroatoms. The molecule has 1 saturated carbocycles. The monoisotopic (exact) mass is 185 g/mol. The maximum atomic E-state index is 10.7. The standard InChI is InChI=1S/C10H19NO2/c1-8-3-2-4-10(5-8,7-11)6-9(12)13/h8H,2-7,11H2,1H3,(H,12,13)/t8-,10+/m1/s1. The molecule has 76 valence electrons. The van der Waals surface area contributed by atoms with Crippen molar-refractivity contribution in [3.63, 3.8) is 0 Å². The van der Waals surface area contributed by atoms with E-state index in [1.165, 1.54) is 6.42 Å². The van der Waals surface area contributed by atoms with E-state index in [9.17, 15) is 4.79 Å². The Hall–Kier alpha value is -0.570. The van der Waals surface area contributed by atoms with E-state index >= 15 is 0 Å². The van der Waals surface area contributed by atoms with Crippen LogP contribution in [0, 0.1) is 11.3 Å². The van der Waals surface area contributed by atoms with E-state index in [0.29, 0.717) is 12.5 Å². The summed E-state index contributed by atoms with van der Waals surface area (Å²) in [7, 11) is 0. The van der Waals surface area contributed by atoms with Gasteiger partial charge in [-0.05, 0) is 30.7 Å². The predicted octanol–water partition coefficient (Wildman–Crippen LogP) is 1.62. The van der Waals surface area contributed by atoms with E-state index in [-0.39, 0.29) is 11.8 Å². The second-order valence-electron chi connectivity index (χ2n) is 4.48. The molecule has 1 aliphatic carbocycles. The van der Waals surface area contributed by atoms with Crippen LogP contribution in [0.15, 0.2) is 0 Å². The highest BCUT2D eigenvalue weighted by atomic mass is 16.4. The molecule has 1 aliphatic rings. The predicted molar refractivity (Wildman–Crippen MR) is 51.4 cm³/mol. The second kappa shape index (κ2) is 4.09. The molecule has 0 aromatic rings. The Morgan fingerprint density at radius 2 is 2.38 bits per heavy atom. The van der Waals surface area contributed by atoms with E-state index in [1.54, 1.807) is 0 Å². The number of carboxylic acid groups (broad SMARTS) is 1. The molecular weight excluding hydrogens is 166 g/mol. The van der Waals surface area contributed by atoms with Gasteiger partial charge in [-0.1, -0.05) is 19.8 Å². The maximum Gasteiger partial charge on any atom is 0.303 e. The molecular formula is C10H19NO2. The van der Waals surface area contributed by atoms with Gasteiger partial charge in [0.25, 0.3) is 0 Å². The van der Waals surface area contributed by atoms with Crippen molar-refractivity contribution in [1.82, 2.24) is 0 Å². The van der Waals surface area contributed by atoms with Crippen LogP contribution in [-0.2, 0) is 4.79 Å². The molecule has 0 aromatic heterocycles. The van der Waals surface area contributed by atoms with Crippen LogP contribution in [0.1, 0.15) is 39.0 Å². The summed E-state index contributed by atoms with van der Waals surface area (Å²) in [5.74, 6) is -0.0730. The Morgan fingerprint density at radius 3 is 2.85 bits per heavy atom. The first-order valence-corrected chi connectivity index (χ1v) is 5.00. The minimum Gasteiger partial charge on any atom is -0.481 e. The van der Waals surface area contributed by atoms with Gasteiger partial charge in [-0.3, -0.25) is 4.79 Å². The Bertz CT molecular complexity index is 193. The lowest BCUT2D eigenvalue weighted by Gasteiger charge is -2.38. The van der Waals surface area contributed by atoms with Crippen molar-refractivity contribution in [2.45, 2.75) is 39.0 Å². The molecule has 2 atom stereocenters. The van der Waals surface area contributed by atoms with Gasteiger partial charge in [0, 0.05) is 0 Å². The molecule has 0 heterocycles. The summed E-state index contributed by atoms with van der Waals surface area (Å²) in [6, 6.07) is 0. The van der Waals surface area contributed by atoms with E-state index in [4.69, 9.17) is 10.8 Å². The summed E-state index contributed by atoms with van der Waals surface area (Å²) < 4.78 is 0. The second-order valence-corrected chi connectivity index (χ2v) is 4.48. The fourth-order valence-electron chi connectivity index (χ4n) is 2.51. The molecule has 3 nitrogen and oxygen atoms in total. The van der Waals surface area contributed by atoms with Gasteiger partial charge < -0.3 is 10.8 Å². The summed E-state index contributed by atoms with van der Waals surface area (Å²) >= 11 is 0. The molecule has 0 aromatic carbocycles. The van der Waals surface area contributed by atoms with Crippen LogP contribution < -0.4 is 5.73 Å². The van der Waals surface area contributed by atoms with Crippen LogP contribution in [0.25, 0.3) is 0 Å². The van der Waals surface area contributed by atoms with E-state index in [2.05, 4.69) is 6.92 Å². The lowest BCUT2D eigenvalue weighted by molar-refractivity contribution is -0.140. The highest BCUT2D eigenvalue weighted by molar-refractivity contribution is 5.67. The van der Waals surface area contributed by atoms with Crippen molar-refractivity contribution < 1.29 is 9.90 Å². The van der Waals surface area contributed by atoms with Crippen LogP contribution in [0.5, 0.6) is 0 Å². The number of carboxylic acids is 1. The van der Waals surface area contributed by atoms with Crippen molar-refractivity contribution in [1.29, 1.82) is 0 Å². The molecule has 1 rings (SSSR count). The number of rotatable bonds is 3. The lowest BCUT2D eigenvalue weighted by atomic mass is 9.68. The van der Waals surface area contributed by atoms with E-state index in [0.717, 1.165) is 19.3 Å². The number of hydrogen-bond acceptors (Lipinski definition) is 2. The maximum absolute atomic E-state index is 10.7. The molecule has 0 aliphatic heterocycles. The largest absolute Gasteiger partial charge is 0.481 e. The van der Waals surface area contributed by atoms with Gasteiger partial charge in [0.05, 0.1) is 6.42 Å². The third-order valence-electron chi connectivity index (χ3n) is 3.14. The minimum atomic E-state index is -0.709. The van der Waals surface area contributed by atoms with Crippen LogP contribution in [-0.4, -0.2) is 17.6 Å². The third-order valence-corrected chi connectivity index (χ3v) is 3.14. The van der Waals surface area contributed by atoms with Gasteiger partial charge in [-0.25, -0.2) is 0 Å². The first-order chi connectivity index (χ1) is 6.08. The van der Waals surface area contributed by atoms with Crippen LogP contribution in [0.2, 0.25) is 0 Å². The van der Waals surface area contributed by atoms with Gasteiger partial charge in [0.2, 0.25) is 0 Å². The van der Waals surface area contributed by atoms with Crippen LogP contribution in [0.3, 0.4) is 0 Å². The summed E-state index contributed by atoms with van der Waals surface area (Å²) in [5, 5.41) is 8.79.